The number of halogens is 1. The minimum absolute atomic E-state index is 0. The number of anilines is 2. The van der Waals surface area contributed by atoms with Crippen molar-refractivity contribution in [3.05, 3.63) is 36.9 Å². The summed E-state index contributed by atoms with van der Waals surface area (Å²) in [4.78, 5) is 24.1. The summed E-state index contributed by atoms with van der Waals surface area (Å²) < 4.78 is 5.32. The predicted molar refractivity (Wildman–Crippen MR) is 101 cm³/mol. The lowest BCUT2D eigenvalue weighted by molar-refractivity contribution is -0.130. The molecule has 3 amide bonds. The third-order valence-electron chi connectivity index (χ3n) is 4.13. The van der Waals surface area contributed by atoms with E-state index in [1.807, 2.05) is 0 Å². The number of hydrogen-bond donors (Lipinski definition) is 4. The van der Waals surface area contributed by atoms with Crippen LogP contribution in [0.4, 0.5) is 16.2 Å². The molecule has 0 saturated carbocycles. The fourth-order valence-corrected chi connectivity index (χ4v) is 2.53. The van der Waals surface area contributed by atoms with Gasteiger partial charge in [-0.3, -0.25) is 4.79 Å². The molecule has 2 rings (SSSR count). The van der Waals surface area contributed by atoms with E-state index in [0.29, 0.717) is 50.5 Å². The Bertz CT molecular complexity index is 586. The molecule has 1 aliphatic rings. The molecule has 7 nitrogen and oxygen atoms in total. The second-order valence-electron chi connectivity index (χ2n) is 5.75. The normalized spacial score (nSPS) is 15.4. The van der Waals surface area contributed by atoms with Crippen LogP contribution in [0.15, 0.2) is 36.9 Å². The third kappa shape index (κ3) is 5.74. The third-order valence-corrected chi connectivity index (χ3v) is 4.13. The van der Waals surface area contributed by atoms with Gasteiger partial charge in [0.25, 0.3) is 0 Å². The highest BCUT2D eigenvalue weighted by Crippen LogP contribution is 2.31. The van der Waals surface area contributed by atoms with Crippen LogP contribution in [-0.4, -0.2) is 38.2 Å². The van der Waals surface area contributed by atoms with Gasteiger partial charge in [-0.05, 0) is 37.1 Å². The first kappa shape index (κ1) is 21.0. The van der Waals surface area contributed by atoms with E-state index >= 15 is 0 Å². The molecule has 1 saturated heterocycles. The molecule has 0 bridgehead atoms. The van der Waals surface area contributed by atoms with Gasteiger partial charge in [0.15, 0.2) is 0 Å². The summed E-state index contributed by atoms with van der Waals surface area (Å²) in [5, 5.41) is 8.21. The second-order valence-corrected chi connectivity index (χ2v) is 5.75. The van der Waals surface area contributed by atoms with Gasteiger partial charge in [-0.1, -0.05) is 6.08 Å². The number of benzene rings is 1. The van der Waals surface area contributed by atoms with E-state index in [0.717, 1.165) is 0 Å². The highest BCUT2D eigenvalue weighted by Gasteiger charge is 2.38. The molecule has 5 N–H and O–H groups in total. The SMILES string of the molecule is C=CCNC(=O)Nc1ccc(NC(=O)C2(CN)CCOCC2)cc1.Cl. The first-order valence-corrected chi connectivity index (χ1v) is 7.95. The Kier molecular flexibility index (Phi) is 8.40. The first-order chi connectivity index (χ1) is 11.6. The van der Waals surface area contributed by atoms with Gasteiger partial charge in [-0.25, -0.2) is 4.79 Å². The van der Waals surface area contributed by atoms with E-state index < -0.39 is 5.41 Å². The number of nitrogens with two attached hydrogens (primary N) is 1. The van der Waals surface area contributed by atoms with Crippen LogP contribution in [0, 0.1) is 5.41 Å². The quantitative estimate of drug-likeness (QED) is 0.577. The van der Waals surface area contributed by atoms with Crippen molar-refractivity contribution >= 4 is 35.7 Å². The topological polar surface area (TPSA) is 105 Å². The van der Waals surface area contributed by atoms with E-state index in [1.54, 1.807) is 30.3 Å². The Morgan fingerprint density at radius 1 is 1.16 bits per heavy atom. The molecule has 1 fully saturated rings. The van der Waals surface area contributed by atoms with Crippen molar-refractivity contribution in [3.8, 4) is 0 Å². The highest BCUT2D eigenvalue weighted by atomic mass is 35.5. The van der Waals surface area contributed by atoms with Crippen molar-refractivity contribution in [2.75, 3.05) is 36.9 Å². The van der Waals surface area contributed by atoms with Crippen LogP contribution >= 0.6 is 12.4 Å². The van der Waals surface area contributed by atoms with Crippen molar-refractivity contribution < 1.29 is 14.3 Å². The van der Waals surface area contributed by atoms with E-state index in [2.05, 4.69) is 22.5 Å². The summed E-state index contributed by atoms with van der Waals surface area (Å²) in [5.41, 5.74) is 6.56. The van der Waals surface area contributed by atoms with Gasteiger partial charge >= 0.3 is 6.03 Å². The lowest BCUT2D eigenvalue weighted by atomic mass is 9.79. The summed E-state index contributed by atoms with van der Waals surface area (Å²) in [6.07, 6.45) is 2.85. The average molecular weight is 369 g/mol. The van der Waals surface area contributed by atoms with Crippen LogP contribution in [0.25, 0.3) is 0 Å². The molecule has 1 aliphatic heterocycles. The number of amides is 3. The molecule has 1 heterocycles. The molecule has 0 aliphatic carbocycles. The van der Waals surface area contributed by atoms with E-state index in [-0.39, 0.29) is 24.3 Å². The maximum Gasteiger partial charge on any atom is 0.319 e. The van der Waals surface area contributed by atoms with Crippen molar-refractivity contribution in [1.82, 2.24) is 5.32 Å². The summed E-state index contributed by atoms with van der Waals surface area (Å²) in [6, 6.07) is 6.62. The Labute approximate surface area is 153 Å². The number of ether oxygens (including phenoxy) is 1. The Hall–Kier alpha value is -2.09. The first-order valence-electron chi connectivity index (χ1n) is 7.95. The van der Waals surface area contributed by atoms with E-state index in [1.165, 1.54) is 0 Å². The van der Waals surface area contributed by atoms with Gasteiger partial charge in [0, 0.05) is 37.7 Å². The highest BCUT2D eigenvalue weighted by molar-refractivity contribution is 5.96. The summed E-state index contributed by atoms with van der Waals surface area (Å²) in [5.74, 6) is -0.0854. The fourth-order valence-electron chi connectivity index (χ4n) is 2.53. The lowest BCUT2D eigenvalue weighted by Crippen LogP contribution is -2.46. The van der Waals surface area contributed by atoms with Crippen LogP contribution in [-0.2, 0) is 9.53 Å². The molecule has 1 aromatic carbocycles. The summed E-state index contributed by atoms with van der Waals surface area (Å²) in [7, 11) is 0. The molecule has 138 valence electrons. The number of rotatable bonds is 6. The fraction of sp³-hybridized carbons (Fsp3) is 0.412. The molecular formula is C17H25ClN4O3. The van der Waals surface area contributed by atoms with Gasteiger partial charge in [-0.15, -0.1) is 19.0 Å². The maximum absolute atomic E-state index is 12.6. The predicted octanol–water partition coefficient (Wildman–Crippen LogP) is 2.11. The zero-order chi connectivity index (χ0) is 17.4. The van der Waals surface area contributed by atoms with Crippen molar-refractivity contribution in [2.24, 2.45) is 11.1 Å². The van der Waals surface area contributed by atoms with Crippen LogP contribution in [0.5, 0.6) is 0 Å². The number of nitrogens with one attached hydrogen (secondary N) is 3. The monoisotopic (exact) mass is 368 g/mol. The van der Waals surface area contributed by atoms with Crippen molar-refractivity contribution in [3.63, 3.8) is 0 Å². The number of carbonyl (C=O) groups excluding carboxylic acids is 2. The molecule has 0 unspecified atom stereocenters. The maximum atomic E-state index is 12.6. The van der Waals surface area contributed by atoms with Crippen molar-refractivity contribution in [1.29, 1.82) is 0 Å². The summed E-state index contributed by atoms with van der Waals surface area (Å²) in [6.45, 7) is 5.32. The molecule has 0 atom stereocenters. The smallest absolute Gasteiger partial charge is 0.319 e. The zero-order valence-corrected chi connectivity index (χ0v) is 14.9. The van der Waals surface area contributed by atoms with Crippen LogP contribution < -0.4 is 21.7 Å². The molecule has 0 radical (unpaired) electrons. The van der Waals surface area contributed by atoms with E-state index in [4.69, 9.17) is 10.5 Å². The van der Waals surface area contributed by atoms with Crippen LogP contribution in [0.3, 0.4) is 0 Å². The van der Waals surface area contributed by atoms with Crippen LogP contribution in [0.1, 0.15) is 12.8 Å². The number of hydrogen-bond acceptors (Lipinski definition) is 4. The molecule has 25 heavy (non-hydrogen) atoms. The Morgan fingerprint density at radius 3 is 2.24 bits per heavy atom. The summed E-state index contributed by atoms with van der Waals surface area (Å²) >= 11 is 0. The molecule has 0 spiro atoms. The van der Waals surface area contributed by atoms with Gasteiger partial charge < -0.3 is 26.4 Å². The minimum atomic E-state index is -0.570. The number of urea groups is 1. The molecule has 0 aromatic heterocycles. The Morgan fingerprint density at radius 2 is 1.72 bits per heavy atom. The molecule has 1 aromatic rings. The molecule has 8 heteroatoms. The number of carbonyl (C=O) groups is 2. The van der Waals surface area contributed by atoms with Crippen LogP contribution in [0.2, 0.25) is 0 Å². The standard InChI is InChI=1S/C17H24N4O3.ClH/c1-2-9-19-16(23)21-14-5-3-13(4-6-14)20-15(22)17(12-18)7-10-24-11-8-17;/h2-6H,1,7-12,18H2,(H,20,22)(H2,19,21,23);1H. The van der Waals surface area contributed by atoms with Gasteiger partial charge in [-0.2, -0.15) is 0 Å². The van der Waals surface area contributed by atoms with Gasteiger partial charge in [0.1, 0.15) is 0 Å². The Balaban J connectivity index is 0.00000312. The van der Waals surface area contributed by atoms with Gasteiger partial charge in [0.05, 0.1) is 5.41 Å². The largest absolute Gasteiger partial charge is 0.381 e. The average Bonchev–Trinajstić information content (AvgIpc) is 2.62. The minimum Gasteiger partial charge on any atom is -0.381 e. The van der Waals surface area contributed by atoms with Gasteiger partial charge in [0.2, 0.25) is 5.91 Å². The second kappa shape index (κ2) is 10.0. The van der Waals surface area contributed by atoms with E-state index in [9.17, 15) is 9.59 Å². The van der Waals surface area contributed by atoms with Crippen molar-refractivity contribution in [2.45, 2.75) is 12.8 Å². The zero-order valence-electron chi connectivity index (χ0n) is 14.0. The molecular weight excluding hydrogens is 344 g/mol. The lowest BCUT2D eigenvalue weighted by Gasteiger charge is -2.34.